The molecule has 1 rings (SSSR count). The van der Waals surface area contributed by atoms with Gasteiger partial charge in [0.15, 0.2) is 0 Å². The fourth-order valence-electron chi connectivity index (χ4n) is 0.834. The highest BCUT2D eigenvalue weighted by molar-refractivity contribution is 7.78. The highest BCUT2D eigenvalue weighted by atomic mass is 35.5. The Kier molecular flexibility index (Phi) is 2.77. The monoisotopic (exact) mass is 183 g/mol. The number of thiocarbonyl (C=S) groups is 1. The number of hydrogen-bond donors (Lipinski definition) is 0. The van der Waals surface area contributed by atoms with Crippen LogP contribution in [0.1, 0.15) is 5.56 Å². The molecule has 0 saturated carbocycles. The fraction of sp³-hybridized carbons (Fsp3) is 0.125. The van der Waals surface area contributed by atoms with Crippen LogP contribution in [-0.2, 0) is 0 Å². The topological polar surface area (TPSA) is 12.4 Å². The van der Waals surface area contributed by atoms with E-state index < -0.39 is 0 Å². The van der Waals surface area contributed by atoms with Crippen molar-refractivity contribution in [3.8, 4) is 0 Å². The Hall–Kier alpha value is -0.690. The summed E-state index contributed by atoms with van der Waals surface area (Å²) >= 11 is 10.2. The van der Waals surface area contributed by atoms with Crippen LogP contribution >= 0.6 is 23.8 Å². The van der Waals surface area contributed by atoms with E-state index in [0.29, 0.717) is 5.02 Å². The van der Waals surface area contributed by atoms with Crippen molar-refractivity contribution in [3.05, 3.63) is 28.8 Å². The van der Waals surface area contributed by atoms with Crippen molar-refractivity contribution < 1.29 is 0 Å². The van der Waals surface area contributed by atoms with Gasteiger partial charge < -0.3 is 0 Å². The summed E-state index contributed by atoms with van der Waals surface area (Å²) < 4.78 is 0. The molecule has 1 aromatic carbocycles. The number of aliphatic imine (C=N–C) groups is 1. The largest absolute Gasteiger partial charge is 0.195 e. The van der Waals surface area contributed by atoms with Crippen molar-refractivity contribution in [2.75, 3.05) is 0 Å². The van der Waals surface area contributed by atoms with E-state index in [4.69, 9.17) is 11.6 Å². The van der Waals surface area contributed by atoms with E-state index in [2.05, 4.69) is 22.4 Å². The van der Waals surface area contributed by atoms with Gasteiger partial charge >= 0.3 is 0 Å². The first kappa shape index (κ1) is 8.41. The zero-order valence-corrected chi connectivity index (χ0v) is 7.54. The van der Waals surface area contributed by atoms with E-state index in [0.717, 1.165) is 11.3 Å². The summed E-state index contributed by atoms with van der Waals surface area (Å²) in [7, 11) is 0. The molecule has 0 fully saturated rings. The maximum absolute atomic E-state index is 5.76. The molecule has 0 bridgehead atoms. The van der Waals surface area contributed by atoms with Gasteiger partial charge in [-0.15, -0.1) is 0 Å². The normalized spacial score (nSPS) is 8.91. The van der Waals surface area contributed by atoms with Crippen molar-refractivity contribution in [1.82, 2.24) is 0 Å². The fourth-order valence-corrected chi connectivity index (χ4v) is 1.22. The molecule has 0 N–H and O–H groups in total. The third kappa shape index (κ3) is 2.43. The molecular weight excluding hydrogens is 178 g/mol. The molecule has 3 heteroatoms. The Morgan fingerprint density at radius 2 is 2.18 bits per heavy atom. The van der Waals surface area contributed by atoms with Crippen molar-refractivity contribution in [1.29, 1.82) is 0 Å². The van der Waals surface area contributed by atoms with Gasteiger partial charge in [-0.1, -0.05) is 11.6 Å². The molecule has 0 radical (unpaired) electrons. The summed E-state index contributed by atoms with van der Waals surface area (Å²) in [6.45, 7) is 1.95. The first-order valence-electron chi connectivity index (χ1n) is 3.07. The number of isothiocyanates is 1. The molecule has 0 heterocycles. The van der Waals surface area contributed by atoms with Crippen molar-refractivity contribution in [3.63, 3.8) is 0 Å². The second-order valence-corrected chi connectivity index (χ2v) is 2.81. The molecule has 56 valence electrons. The van der Waals surface area contributed by atoms with Gasteiger partial charge in [0.1, 0.15) is 0 Å². The van der Waals surface area contributed by atoms with E-state index in [1.807, 2.05) is 19.1 Å². The van der Waals surface area contributed by atoms with E-state index >= 15 is 0 Å². The van der Waals surface area contributed by atoms with Crippen molar-refractivity contribution in [2.24, 2.45) is 4.99 Å². The van der Waals surface area contributed by atoms with Crippen LogP contribution in [0, 0.1) is 6.92 Å². The van der Waals surface area contributed by atoms with Crippen molar-refractivity contribution in [2.45, 2.75) is 6.92 Å². The molecule has 0 amide bonds. The van der Waals surface area contributed by atoms with Crippen LogP contribution in [0.3, 0.4) is 0 Å². The van der Waals surface area contributed by atoms with Crippen LogP contribution in [0.5, 0.6) is 0 Å². The van der Waals surface area contributed by atoms with E-state index in [1.165, 1.54) is 0 Å². The van der Waals surface area contributed by atoms with E-state index in [-0.39, 0.29) is 0 Å². The lowest BCUT2D eigenvalue weighted by Crippen LogP contribution is -1.71. The van der Waals surface area contributed by atoms with Crippen LogP contribution in [0.25, 0.3) is 0 Å². The van der Waals surface area contributed by atoms with Crippen LogP contribution in [0.4, 0.5) is 5.69 Å². The molecule has 1 aromatic rings. The smallest absolute Gasteiger partial charge is 0.0757 e. The number of rotatable bonds is 1. The summed E-state index contributed by atoms with van der Waals surface area (Å²) in [4.78, 5) is 3.81. The molecule has 0 atom stereocenters. The second-order valence-electron chi connectivity index (χ2n) is 2.19. The average molecular weight is 184 g/mol. The first-order valence-corrected chi connectivity index (χ1v) is 3.86. The highest BCUT2D eigenvalue weighted by Crippen LogP contribution is 2.20. The van der Waals surface area contributed by atoms with Gasteiger partial charge in [0.2, 0.25) is 0 Å². The van der Waals surface area contributed by atoms with Gasteiger partial charge in [-0.05, 0) is 42.9 Å². The maximum Gasteiger partial charge on any atom is 0.0757 e. The summed E-state index contributed by atoms with van der Waals surface area (Å²) in [6, 6.07) is 5.50. The van der Waals surface area contributed by atoms with Gasteiger partial charge in [-0.25, -0.2) is 0 Å². The maximum atomic E-state index is 5.76. The molecule has 0 unspecified atom stereocenters. The molecule has 0 spiro atoms. The Morgan fingerprint density at radius 3 is 2.73 bits per heavy atom. The molecule has 0 saturated heterocycles. The summed E-state index contributed by atoms with van der Waals surface area (Å²) in [5, 5.41) is 2.96. The predicted octanol–water partition coefficient (Wildman–Crippen LogP) is 3.38. The van der Waals surface area contributed by atoms with Crippen LogP contribution in [-0.4, -0.2) is 5.16 Å². The summed E-state index contributed by atoms with van der Waals surface area (Å²) in [6.07, 6.45) is 0. The number of nitrogens with zero attached hydrogens (tertiary/aromatic N) is 1. The molecule has 11 heavy (non-hydrogen) atoms. The number of halogens is 1. The minimum absolute atomic E-state index is 0.675. The predicted molar refractivity (Wildman–Crippen MR) is 50.9 cm³/mol. The van der Waals surface area contributed by atoms with E-state index in [9.17, 15) is 0 Å². The third-order valence-electron chi connectivity index (χ3n) is 1.20. The van der Waals surface area contributed by atoms with Gasteiger partial charge in [0.25, 0.3) is 0 Å². The number of hydrogen-bond acceptors (Lipinski definition) is 2. The Bertz CT molecular complexity index is 296. The van der Waals surface area contributed by atoms with Gasteiger partial charge in [0.05, 0.1) is 10.8 Å². The molecule has 1 nitrogen and oxygen atoms in total. The van der Waals surface area contributed by atoms with Gasteiger partial charge in [-0.2, -0.15) is 4.99 Å². The average Bonchev–Trinajstić information content (AvgIpc) is 1.85. The summed E-state index contributed by atoms with van der Waals surface area (Å²) in [5.74, 6) is 0. The quantitative estimate of drug-likeness (QED) is 0.480. The first-order chi connectivity index (χ1) is 5.22. The Morgan fingerprint density at radius 1 is 1.45 bits per heavy atom. The summed E-state index contributed by atoms with van der Waals surface area (Å²) in [5.41, 5.74) is 1.83. The molecular formula is C8H6ClNS. The minimum atomic E-state index is 0.675. The lowest BCUT2D eigenvalue weighted by Gasteiger charge is -1.95. The molecule has 0 aliphatic heterocycles. The Labute approximate surface area is 75.7 Å². The van der Waals surface area contributed by atoms with Gasteiger partial charge in [-0.3, -0.25) is 0 Å². The zero-order valence-electron chi connectivity index (χ0n) is 5.97. The lowest BCUT2D eigenvalue weighted by molar-refractivity contribution is 1.44. The zero-order chi connectivity index (χ0) is 8.27. The van der Waals surface area contributed by atoms with Crippen molar-refractivity contribution >= 4 is 34.7 Å². The van der Waals surface area contributed by atoms with Crippen LogP contribution in [0.15, 0.2) is 23.2 Å². The van der Waals surface area contributed by atoms with Crippen LogP contribution < -0.4 is 0 Å². The second kappa shape index (κ2) is 3.63. The third-order valence-corrected chi connectivity index (χ3v) is 1.51. The van der Waals surface area contributed by atoms with E-state index in [1.54, 1.807) is 6.07 Å². The van der Waals surface area contributed by atoms with Crippen LogP contribution in [0.2, 0.25) is 5.02 Å². The highest BCUT2D eigenvalue weighted by Gasteiger charge is 1.92. The lowest BCUT2D eigenvalue weighted by atomic mass is 10.2. The molecule has 0 aliphatic carbocycles. The standard InChI is InChI=1S/C8H6ClNS/c1-6-2-7(9)4-8(3-6)10-5-11/h2-4H,1H3. The Balaban J connectivity index is 3.18. The number of benzene rings is 1. The minimum Gasteiger partial charge on any atom is -0.195 e. The SMILES string of the molecule is Cc1cc(Cl)cc(N=C=S)c1. The number of aryl methyl sites for hydroxylation is 1. The van der Waals surface area contributed by atoms with Gasteiger partial charge in [0, 0.05) is 5.02 Å². The molecule has 0 aromatic heterocycles. The molecule has 0 aliphatic rings.